The molecule has 0 radical (unpaired) electrons. The molecule has 1 aromatic heterocycles. The van der Waals surface area contributed by atoms with Gasteiger partial charge >= 0.3 is 0 Å². The van der Waals surface area contributed by atoms with Crippen LogP contribution in [-0.2, 0) is 25.9 Å². The van der Waals surface area contributed by atoms with E-state index in [-0.39, 0.29) is 0 Å². The number of aromatic nitrogens is 2. The molecule has 0 atom stereocenters. The third-order valence-corrected chi connectivity index (χ3v) is 4.06. The Labute approximate surface area is 132 Å². The summed E-state index contributed by atoms with van der Waals surface area (Å²) >= 11 is 0. The van der Waals surface area contributed by atoms with Gasteiger partial charge < -0.3 is 4.74 Å². The van der Waals surface area contributed by atoms with Gasteiger partial charge in [-0.15, -0.1) is 0 Å². The van der Waals surface area contributed by atoms with E-state index in [2.05, 4.69) is 34.0 Å². The molecule has 0 saturated carbocycles. The monoisotopic (exact) mass is 297 g/mol. The summed E-state index contributed by atoms with van der Waals surface area (Å²) in [5.74, 6) is 1.04. The van der Waals surface area contributed by atoms with Crippen LogP contribution in [0.15, 0.2) is 30.7 Å². The molecule has 116 valence electrons. The molecule has 3 rings (SSSR count). The Morgan fingerprint density at radius 2 is 1.95 bits per heavy atom. The van der Waals surface area contributed by atoms with E-state index in [1.807, 2.05) is 13.1 Å². The van der Waals surface area contributed by atoms with Crippen molar-refractivity contribution in [2.24, 2.45) is 0 Å². The second kappa shape index (κ2) is 6.88. The molecular formula is C18H23N3O. The molecule has 0 amide bonds. The second-order valence-corrected chi connectivity index (χ2v) is 5.88. The first-order valence-corrected chi connectivity index (χ1v) is 7.97. The highest BCUT2D eigenvalue weighted by molar-refractivity contribution is 5.44. The average molecular weight is 297 g/mol. The molecule has 1 aliphatic rings. The van der Waals surface area contributed by atoms with Crippen LogP contribution in [0, 0.1) is 0 Å². The predicted octanol–water partition coefficient (Wildman–Crippen LogP) is 3.00. The number of hydrogen-bond donors (Lipinski definition) is 0. The van der Waals surface area contributed by atoms with Gasteiger partial charge in [0.15, 0.2) is 0 Å². The van der Waals surface area contributed by atoms with Crippen LogP contribution in [0.25, 0.3) is 0 Å². The first-order chi connectivity index (χ1) is 10.8. The topological polar surface area (TPSA) is 38.2 Å². The van der Waals surface area contributed by atoms with Crippen molar-refractivity contribution in [3.05, 3.63) is 53.1 Å². The van der Waals surface area contributed by atoms with Crippen LogP contribution in [0.4, 0.5) is 0 Å². The van der Waals surface area contributed by atoms with Crippen molar-refractivity contribution in [1.82, 2.24) is 14.9 Å². The first-order valence-electron chi connectivity index (χ1n) is 7.97. The second-order valence-electron chi connectivity index (χ2n) is 5.88. The molecule has 0 saturated heterocycles. The molecule has 4 heteroatoms. The minimum atomic E-state index is 0.708. The fourth-order valence-corrected chi connectivity index (χ4v) is 3.10. The van der Waals surface area contributed by atoms with Crippen molar-refractivity contribution in [3.8, 4) is 5.75 Å². The predicted molar refractivity (Wildman–Crippen MR) is 86.8 cm³/mol. The maximum absolute atomic E-state index is 5.86. The summed E-state index contributed by atoms with van der Waals surface area (Å²) in [5, 5.41) is 0. The van der Waals surface area contributed by atoms with Gasteiger partial charge in [-0.2, -0.15) is 0 Å². The van der Waals surface area contributed by atoms with Crippen molar-refractivity contribution in [2.75, 3.05) is 13.7 Å². The normalized spacial score (nSPS) is 13.4. The molecule has 4 nitrogen and oxygen atoms in total. The third kappa shape index (κ3) is 3.45. The van der Waals surface area contributed by atoms with Gasteiger partial charge in [0.25, 0.3) is 0 Å². The van der Waals surface area contributed by atoms with E-state index in [4.69, 9.17) is 4.74 Å². The number of rotatable bonds is 6. The van der Waals surface area contributed by atoms with Crippen LogP contribution in [0.1, 0.15) is 35.7 Å². The number of fused-ring (bicyclic) bond motifs is 1. The van der Waals surface area contributed by atoms with Gasteiger partial charge in [0.05, 0.1) is 12.3 Å². The Morgan fingerprint density at radius 3 is 2.68 bits per heavy atom. The van der Waals surface area contributed by atoms with E-state index < -0.39 is 0 Å². The standard InChI is InChI=1S/C18H23N3O/c1-3-22-18-10-15-6-4-5-14(15)9-16(18)12-21(2)13-17-11-19-7-8-20-17/h7-11H,3-6,12-13H2,1-2H3. The Kier molecular flexibility index (Phi) is 4.68. The maximum atomic E-state index is 5.86. The molecule has 1 aromatic carbocycles. The van der Waals surface area contributed by atoms with Crippen molar-refractivity contribution in [2.45, 2.75) is 39.3 Å². The Hall–Kier alpha value is -1.94. The number of nitrogens with zero attached hydrogens (tertiary/aromatic N) is 3. The van der Waals surface area contributed by atoms with Crippen LogP contribution >= 0.6 is 0 Å². The Bertz CT molecular complexity index is 628. The number of benzene rings is 1. The van der Waals surface area contributed by atoms with Gasteiger partial charge in [-0.1, -0.05) is 6.07 Å². The maximum Gasteiger partial charge on any atom is 0.124 e. The highest BCUT2D eigenvalue weighted by Gasteiger charge is 2.16. The highest BCUT2D eigenvalue weighted by atomic mass is 16.5. The molecule has 22 heavy (non-hydrogen) atoms. The highest BCUT2D eigenvalue weighted by Crippen LogP contribution is 2.30. The molecule has 0 spiro atoms. The van der Waals surface area contributed by atoms with Crippen molar-refractivity contribution in [1.29, 1.82) is 0 Å². The largest absolute Gasteiger partial charge is 0.494 e. The van der Waals surface area contributed by atoms with E-state index in [9.17, 15) is 0 Å². The lowest BCUT2D eigenvalue weighted by atomic mass is 10.0. The number of aryl methyl sites for hydroxylation is 2. The summed E-state index contributed by atoms with van der Waals surface area (Å²) < 4.78 is 5.86. The summed E-state index contributed by atoms with van der Waals surface area (Å²) in [5.41, 5.74) is 5.22. The van der Waals surface area contributed by atoms with Crippen LogP contribution in [0.2, 0.25) is 0 Å². The van der Waals surface area contributed by atoms with E-state index in [0.717, 1.165) is 24.5 Å². The van der Waals surface area contributed by atoms with Gasteiger partial charge in [-0.05, 0) is 50.4 Å². The van der Waals surface area contributed by atoms with E-state index in [1.165, 1.54) is 36.0 Å². The summed E-state index contributed by atoms with van der Waals surface area (Å²) in [6.45, 7) is 4.40. The van der Waals surface area contributed by atoms with Gasteiger partial charge in [0.2, 0.25) is 0 Å². The summed E-state index contributed by atoms with van der Waals surface area (Å²) in [6, 6.07) is 4.58. The minimum Gasteiger partial charge on any atom is -0.494 e. The Balaban J connectivity index is 1.76. The van der Waals surface area contributed by atoms with E-state index in [0.29, 0.717) is 6.61 Å². The quantitative estimate of drug-likeness (QED) is 0.821. The smallest absolute Gasteiger partial charge is 0.124 e. The lowest BCUT2D eigenvalue weighted by Crippen LogP contribution is -2.19. The van der Waals surface area contributed by atoms with Gasteiger partial charge in [0.1, 0.15) is 5.75 Å². The number of hydrogen-bond acceptors (Lipinski definition) is 4. The number of ether oxygens (including phenoxy) is 1. The minimum absolute atomic E-state index is 0.708. The van der Waals surface area contributed by atoms with E-state index >= 15 is 0 Å². The fourth-order valence-electron chi connectivity index (χ4n) is 3.10. The Morgan fingerprint density at radius 1 is 1.14 bits per heavy atom. The molecular weight excluding hydrogens is 274 g/mol. The molecule has 0 aliphatic heterocycles. The summed E-state index contributed by atoms with van der Waals surface area (Å²) in [6.07, 6.45) is 8.91. The van der Waals surface area contributed by atoms with Gasteiger partial charge in [-0.25, -0.2) is 0 Å². The van der Waals surface area contributed by atoms with Crippen molar-refractivity contribution in [3.63, 3.8) is 0 Å². The molecule has 0 bridgehead atoms. The lowest BCUT2D eigenvalue weighted by Gasteiger charge is -2.19. The van der Waals surface area contributed by atoms with Gasteiger partial charge in [-0.3, -0.25) is 14.9 Å². The van der Waals surface area contributed by atoms with Crippen molar-refractivity contribution >= 4 is 0 Å². The fraction of sp³-hybridized carbons (Fsp3) is 0.444. The molecule has 0 N–H and O–H groups in total. The van der Waals surface area contributed by atoms with Crippen LogP contribution in [0.5, 0.6) is 5.75 Å². The van der Waals surface area contributed by atoms with Crippen LogP contribution in [0.3, 0.4) is 0 Å². The molecule has 0 unspecified atom stereocenters. The molecule has 0 fully saturated rings. The zero-order valence-corrected chi connectivity index (χ0v) is 13.4. The average Bonchev–Trinajstić information content (AvgIpc) is 2.96. The first kappa shape index (κ1) is 15.0. The molecule has 1 heterocycles. The zero-order chi connectivity index (χ0) is 15.4. The molecule has 1 aliphatic carbocycles. The molecule has 2 aromatic rings. The summed E-state index contributed by atoms with van der Waals surface area (Å²) in [7, 11) is 2.11. The van der Waals surface area contributed by atoms with Crippen LogP contribution in [-0.4, -0.2) is 28.5 Å². The zero-order valence-electron chi connectivity index (χ0n) is 13.4. The van der Waals surface area contributed by atoms with Crippen molar-refractivity contribution < 1.29 is 4.74 Å². The third-order valence-electron chi connectivity index (χ3n) is 4.06. The van der Waals surface area contributed by atoms with Gasteiger partial charge in [0, 0.05) is 37.2 Å². The SMILES string of the molecule is CCOc1cc2c(cc1CN(C)Cc1cnccn1)CCC2. The lowest BCUT2D eigenvalue weighted by molar-refractivity contribution is 0.295. The van der Waals surface area contributed by atoms with Crippen LogP contribution < -0.4 is 4.74 Å². The summed E-state index contributed by atoms with van der Waals surface area (Å²) in [4.78, 5) is 10.7. The van der Waals surface area contributed by atoms with E-state index in [1.54, 1.807) is 12.4 Å².